The number of nitrogens with one attached hydrogen (secondary N) is 1. The Hall–Kier alpha value is -2.98. The van der Waals surface area contributed by atoms with E-state index in [1.807, 2.05) is 77.9 Å². The second-order valence-corrected chi connectivity index (χ2v) is 5.37. The van der Waals surface area contributed by atoms with E-state index in [0.29, 0.717) is 5.56 Å². The summed E-state index contributed by atoms with van der Waals surface area (Å²) >= 11 is 0. The first kappa shape index (κ1) is 15.9. The van der Waals surface area contributed by atoms with Crippen LogP contribution in [-0.4, -0.2) is 28.0 Å². The summed E-state index contributed by atoms with van der Waals surface area (Å²) in [5.41, 5.74) is 3.61. The number of pyridine rings is 1. The SMILES string of the molecule is O=C(NN(C1C=CC=CC=C1)C1C=CC=CC=C1)c1ccncc1. The van der Waals surface area contributed by atoms with E-state index in [2.05, 4.69) is 10.4 Å². The summed E-state index contributed by atoms with van der Waals surface area (Å²) in [4.78, 5) is 16.6. The van der Waals surface area contributed by atoms with Gasteiger partial charge in [0, 0.05) is 18.0 Å². The third-order valence-corrected chi connectivity index (χ3v) is 3.72. The molecule has 4 heteroatoms. The lowest BCUT2D eigenvalue weighted by atomic mass is 10.1. The Kier molecular flexibility index (Phi) is 5.32. The van der Waals surface area contributed by atoms with Gasteiger partial charge in [-0.25, -0.2) is 0 Å². The molecule has 0 bridgehead atoms. The quantitative estimate of drug-likeness (QED) is 0.868. The molecule has 4 nitrogen and oxygen atoms in total. The molecular formula is C20H19N3O. The zero-order valence-corrected chi connectivity index (χ0v) is 13.2. The highest BCUT2D eigenvalue weighted by atomic mass is 16.2. The fraction of sp³-hybridized carbons (Fsp3) is 0.100. The summed E-state index contributed by atoms with van der Waals surface area (Å²) in [5.74, 6) is -0.157. The van der Waals surface area contributed by atoms with Crippen LogP contribution in [0.4, 0.5) is 0 Å². The number of carbonyl (C=O) groups excluding carboxylic acids is 1. The van der Waals surface area contributed by atoms with Crippen molar-refractivity contribution < 1.29 is 4.79 Å². The molecule has 0 aromatic carbocycles. The van der Waals surface area contributed by atoms with Gasteiger partial charge in [0.15, 0.2) is 0 Å². The van der Waals surface area contributed by atoms with E-state index < -0.39 is 0 Å². The molecule has 0 aliphatic heterocycles. The third kappa shape index (κ3) is 4.06. The number of hydrogen-bond donors (Lipinski definition) is 1. The number of rotatable bonds is 4. The van der Waals surface area contributed by atoms with Crippen LogP contribution in [0.1, 0.15) is 10.4 Å². The Morgan fingerprint density at radius 3 is 1.71 bits per heavy atom. The van der Waals surface area contributed by atoms with Gasteiger partial charge in [-0.15, -0.1) is 0 Å². The van der Waals surface area contributed by atoms with Gasteiger partial charge in [-0.2, -0.15) is 5.01 Å². The molecule has 1 amide bonds. The first-order valence-electron chi connectivity index (χ1n) is 7.87. The predicted octanol–water partition coefficient (Wildman–Crippen LogP) is 3.13. The monoisotopic (exact) mass is 317 g/mol. The zero-order chi connectivity index (χ0) is 16.6. The molecule has 0 atom stereocenters. The second-order valence-electron chi connectivity index (χ2n) is 5.37. The van der Waals surface area contributed by atoms with Gasteiger partial charge in [0.2, 0.25) is 0 Å². The minimum absolute atomic E-state index is 0.0526. The molecule has 2 aliphatic rings. The number of nitrogens with zero attached hydrogens (tertiary/aromatic N) is 2. The van der Waals surface area contributed by atoms with Crippen LogP contribution in [0.5, 0.6) is 0 Å². The fourth-order valence-electron chi connectivity index (χ4n) is 2.50. The van der Waals surface area contributed by atoms with Gasteiger partial charge in [-0.3, -0.25) is 15.2 Å². The number of allylic oxidation sites excluding steroid dienone is 8. The largest absolute Gasteiger partial charge is 0.283 e. The Balaban J connectivity index is 1.85. The topological polar surface area (TPSA) is 45.2 Å². The predicted molar refractivity (Wildman–Crippen MR) is 96.0 cm³/mol. The normalized spacial score (nSPS) is 17.2. The average Bonchev–Trinajstić information content (AvgIpc) is 3.05. The van der Waals surface area contributed by atoms with Gasteiger partial charge in [-0.1, -0.05) is 72.9 Å². The molecule has 24 heavy (non-hydrogen) atoms. The maximum absolute atomic E-state index is 12.6. The van der Waals surface area contributed by atoms with E-state index >= 15 is 0 Å². The van der Waals surface area contributed by atoms with Crippen LogP contribution in [0.2, 0.25) is 0 Å². The van der Waals surface area contributed by atoms with Crippen molar-refractivity contribution in [3.05, 3.63) is 103 Å². The zero-order valence-electron chi connectivity index (χ0n) is 13.2. The standard InChI is InChI=1S/C20H19N3O/c24-20(17-13-15-21-16-14-17)22-23(18-9-5-1-2-6-10-18)19-11-7-3-4-8-12-19/h1-16,18-19H,(H,22,24). The van der Waals surface area contributed by atoms with Crippen molar-refractivity contribution in [3.8, 4) is 0 Å². The third-order valence-electron chi connectivity index (χ3n) is 3.72. The molecule has 1 N–H and O–H groups in total. The van der Waals surface area contributed by atoms with Crippen molar-refractivity contribution >= 4 is 5.91 Å². The van der Waals surface area contributed by atoms with E-state index in [9.17, 15) is 4.79 Å². The van der Waals surface area contributed by atoms with E-state index in [1.54, 1.807) is 24.5 Å². The van der Waals surface area contributed by atoms with Crippen molar-refractivity contribution in [2.75, 3.05) is 0 Å². The van der Waals surface area contributed by atoms with Crippen molar-refractivity contribution in [2.45, 2.75) is 12.1 Å². The summed E-state index contributed by atoms with van der Waals surface area (Å²) in [6, 6.07) is 3.30. The van der Waals surface area contributed by atoms with Crippen molar-refractivity contribution in [1.82, 2.24) is 15.4 Å². The lowest BCUT2D eigenvalue weighted by Crippen LogP contribution is -2.51. The minimum atomic E-state index is -0.157. The lowest BCUT2D eigenvalue weighted by molar-refractivity contribution is 0.0746. The smallest absolute Gasteiger partial charge is 0.265 e. The molecule has 2 aliphatic carbocycles. The molecule has 0 saturated carbocycles. The van der Waals surface area contributed by atoms with Gasteiger partial charge in [-0.05, 0) is 12.1 Å². The summed E-state index contributed by atoms with van der Waals surface area (Å²) in [7, 11) is 0. The molecule has 120 valence electrons. The van der Waals surface area contributed by atoms with Crippen LogP contribution in [0, 0.1) is 0 Å². The van der Waals surface area contributed by atoms with Crippen molar-refractivity contribution in [1.29, 1.82) is 0 Å². The molecule has 0 radical (unpaired) electrons. The first-order valence-corrected chi connectivity index (χ1v) is 7.87. The maximum Gasteiger partial charge on any atom is 0.265 e. The van der Waals surface area contributed by atoms with Crippen molar-refractivity contribution in [2.24, 2.45) is 0 Å². The van der Waals surface area contributed by atoms with Crippen LogP contribution in [0.3, 0.4) is 0 Å². The summed E-state index contributed by atoms with van der Waals surface area (Å²) in [6.07, 6.45) is 27.3. The molecule has 3 rings (SSSR count). The van der Waals surface area contributed by atoms with Gasteiger partial charge in [0.1, 0.15) is 0 Å². The lowest BCUT2D eigenvalue weighted by Gasteiger charge is -2.32. The molecule has 0 saturated heterocycles. The van der Waals surface area contributed by atoms with Gasteiger partial charge < -0.3 is 0 Å². The van der Waals surface area contributed by atoms with Crippen LogP contribution in [0.25, 0.3) is 0 Å². The molecule has 1 aromatic rings. The molecule has 0 unspecified atom stereocenters. The minimum Gasteiger partial charge on any atom is -0.283 e. The van der Waals surface area contributed by atoms with Gasteiger partial charge >= 0.3 is 0 Å². The Bertz CT molecular complexity index is 671. The molecule has 0 fully saturated rings. The summed E-state index contributed by atoms with van der Waals surface area (Å²) < 4.78 is 0. The highest BCUT2D eigenvalue weighted by Gasteiger charge is 2.23. The number of hydrogen-bond acceptors (Lipinski definition) is 3. The first-order chi connectivity index (χ1) is 11.8. The molecule has 1 heterocycles. The van der Waals surface area contributed by atoms with Crippen LogP contribution in [0.15, 0.2) is 97.4 Å². The molecule has 0 spiro atoms. The van der Waals surface area contributed by atoms with Crippen LogP contribution >= 0.6 is 0 Å². The highest BCUT2D eigenvalue weighted by Crippen LogP contribution is 2.14. The van der Waals surface area contributed by atoms with Crippen molar-refractivity contribution in [3.63, 3.8) is 0 Å². The summed E-state index contributed by atoms with van der Waals surface area (Å²) in [5, 5.41) is 1.93. The fourth-order valence-corrected chi connectivity index (χ4v) is 2.50. The van der Waals surface area contributed by atoms with E-state index in [0.717, 1.165) is 0 Å². The number of carbonyl (C=O) groups is 1. The Morgan fingerprint density at radius 1 is 0.792 bits per heavy atom. The van der Waals surface area contributed by atoms with Gasteiger partial charge in [0.05, 0.1) is 12.1 Å². The average molecular weight is 317 g/mol. The number of aromatic nitrogens is 1. The van der Waals surface area contributed by atoms with Crippen LogP contribution < -0.4 is 5.43 Å². The number of amides is 1. The van der Waals surface area contributed by atoms with Gasteiger partial charge in [0.25, 0.3) is 5.91 Å². The van der Waals surface area contributed by atoms with E-state index in [-0.39, 0.29) is 18.0 Å². The van der Waals surface area contributed by atoms with E-state index in [1.165, 1.54) is 0 Å². The van der Waals surface area contributed by atoms with Crippen LogP contribution in [-0.2, 0) is 0 Å². The molecular weight excluding hydrogens is 298 g/mol. The summed E-state index contributed by atoms with van der Waals surface area (Å²) in [6.45, 7) is 0. The Labute approximate surface area is 141 Å². The number of hydrazine groups is 1. The molecule has 1 aromatic heterocycles. The maximum atomic E-state index is 12.6. The second kappa shape index (κ2) is 8.04. The Morgan fingerprint density at radius 2 is 1.25 bits per heavy atom. The highest BCUT2D eigenvalue weighted by molar-refractivity contribution is 5.93. The van der Waals surface area contributed by atoms with E-state index in [4.69, 9.17) is 0 Å².